The maximum Gasteiger partial charge on any atom is 0.322 e. The number of carbonyl (C=O) groups excluding carboxylic acids is 1. The van der Waals surface area contributed by atoms with Crippen molar-refractivity contribution < 1.29 is 14.5 Å². The van der Waals surface area contributed by atoms with Gasteiger partial charge >= 0.3 is 11.7 Å². The highest BCUT2D eigenvalue weighted by molar-refractivity contribution is 8.00. The van der Waals surface area contributed by atoms with E-state index in [0.29, 0.717) is 0 Å². The van der Waals surface area contributed by atoms with Crippen LogP contribution in [0.1, 0.15) is 26.5 Å². The third kappa shape index (κ3) is 4.65. The number of nitrogen functional groups attached to an aromatic ring is 1. The van der Waals surface area contributed by atoms with Gasteiger partial charge in [0.05, 0.1) is 10.7 Å². The van der Waals surface area contributed by atoms with Crippen molar-refractivity contribution in [3.63, 3.8) is 0 Å². The second-order valence-electron chi connectivity index (χ2n) is 4.95. The molecule has 0 radical (unpaired) electrons. The Labute approximate surface area is 120 Å². The van der Waals surface area contributed by atoms with Gasteiger partial charge in [0.15, 0.2) is 5.03 Å². The van der Waals surface area contributed by atoms with Crippen molar-refractivity contribution in [3.05, 3.63) is 15.8 Å². The van der Waals surface area contributed by atoms with Gasteiger partial charge in [-0.1, -0.05) is 11.8 Å². The van der Waals surface area contributed by atoms with Crippen molar-refractivity contribution in [2.45, 2.75) is 38.3 Å². The number of rotatable bonds is 4. The van der Waals surface area contributed by atoms with Gasteiger partial charge in [-0.05, 0) is 27.7 Å². The molecule has 1 rings (SSSR count). The van der Waals surface area contributed by atoms with Crippen molar-refractivity contribution in [2.24, 2.45) is 0 Å². The number of thioether (sulfide) groups is 1. The Morgan fingerprint density at radius 3 is 2.55 bits per heavy atom. The number of hydrogen-bond donors (Lipinski definition) is 1. The summed E-state index contributed by atoms with van der Waals surface area (Å²) in [6.45, 7) is 6.69. The first-order chi connectivity index (χ1) is 9.10. The quantitative estimate of drug-likeness (QED) is 0.293. The maximum atomic E-state index is 11.6. The number of anilines is 1. The van der Waals surface area contributed by atoms with E-state index in [9.17, 15) is 14.9 Å². The van der Waals surface area contributed by atoms with E-state index in [1.165, 1.54) is 6.92 Å². The van der Waals surface area contributed by atoms with Gasteiger partial charge in [-0.2, -0.15) is 4.98 Å². The zero-order chi connectivity index (χ0) is 15.5. The molecular weight excluding hydrogens is 284 g/mol. The zero-order valence-electron chi connectivity index (χ0n) is 11.7. The zero-order valence-corrected chi connectivity index (χ0v) is 12.5. The third-order valence-corrected chi connectivity index (χ3v) is 2.91. The summed E-state index contributed by atoms with van der Waals surface area (Å²) >= 11 is 0.905. The van der Waals surface area contributed by atoms with E-state index in [1.54, 1.807) is 20.8 Å². The molecule has 0 aliphatic heterocycles. The number of esters is 1. The average Bonchev–Trinajstić information content (AvgIpc) is 2.22. The molecule has 8 nitrogen and oxygen atoms in total. The number of nitrogens with two attached hydrogens (primary N) is 1. The molecule has 0 unspecified atom stereocenters. The average molecular weight is 300 g/mol. The second-order valence-corrected chi connectivity index (χ2v) is 5.92. The van der Waals surface area contributed by atoms with Crippen LogP contribution in [0.15, 0.2) is 5.03 Å². The molecular formula is C11H16N4O4S. The highest BCUT2D eigenvalue weighted by Gasteiger charge is 2.24. The minimum Gasteiger partial charge on any atom is -0.459 e. The summed E-state index contributed by atoms with van der Waals surface area (Å²) in [5.41, 5.74) is 4.77. The van der Waals surface area contributed by atoms with Crippen LogP contribution in [-0.2, 0) is 9.53 Å². The van der Waals surface area contributed by atoms with Crippen LogP contribution in [0, 0.1) is 17.0 Å². The van der Waals surface area contributed by atoms with Crippen molar-refractivity contribution in [3.8, 4) is 0 Å². The molecule has 0 aliphatic carbocycles. The first kappa shape index (κ1) is 16.2. The molecule has 9 heteroatoms. The number of aromatic nitrogens is 2. The summed E-state index contributed by atoms with van der Waals surface area (Å²) in [7, 11) is 0. The molecule has 1 heterocycles. The van der Waals surface area contributed by atoms with Gasteiger partial charge in [-0.3, -0.25) is 14.9 Å². The van der Waals surface area contributed by atoms with Gasteiger partial charge in [0, 0.05) is 0 Å². The van der Waals surface area contributed by atoms with Crippen LogP contribution >= 0.6 is 11.8 Å². The van der Waals surface area contributed by atoms with Gasteiger partial charge < -0.3 is 10.5 Å². The summed E-state index contributed by atoms with van der Waals surface area (Å²) in [5.74, 6) is -0.639. The number of carbonyl (C=O) groups is 1. The first-order valence-corrected chi connectivity index (χ1v) is 6.72. The summed E-state index contributed by atoms with van der Waals surface area (Å²) in [6.07, 6.45) is 0. The third-order valence-electron chi connectivity index (χ3n) is 1.97. The monoisotopic (exact) mass is 300 g/mol. The molecule has 0 aromatic carbocycles. The number of nitrogens with zero attached hydrogens (tertiary/aromatic N) is 3. The minimum absolute atomic E-state index is 0.0610. The topological polar surface area (TPSA) is 121 Å². The Hall–Kier alpha value is -1.90. The minimum atomic E-state index is -0.607. The van der Waals surface area contributed by atoms with E-state index in [-0.39, 0.29) is 28.1 Å². The fraction of sp³-hybridized carbons (Fsp3) is 0.545. The Morgan fingerprint density at radius 2 is 2.05 bits per heavy atom. The first-order valence-electron chi connectivity index (χ1n) is 5.73. The summed E-state index contributed by atoms with van der Waals surface area (Å²) in [4.78, 5) is 29.5. The van der Waals surface area contributed by atoms with E-state index in [2.05, 4.69) is 9.97 Å². The van der Waals surface area contributed by atoms with Gasteiger partial charge in [0.1, 0.15) is 11.3 Å². The van der Waals surface area contributed by atoms with E-state index >= 15 is 0 Å². The molecule has 0 fully saturated rings. The van der Waals surface area contributed by atoms with Crippen LogP contribution in [0.2, 0.25) is 0 Å². The molecule has 0 atom stereocenters. The molecule has 0 amide bonds. The fourth-order valence-electron chi connectivity index (χ4n) is 1.37. The van der Waals surface area contributed by atoms with Crippen LogP contribution < -0.4 is 5.73 Å². The van der Waals surface area contributed by atoms with E-state index in [4.69, 9.17) is 10.5 Å². The van der Waals surface area contributed by atoms with Crippen LogP contribution in [0.25, 0.3) is 0 Å². The van der Waals surface area contributed by atoms with Gasteiger partial charge in [0.2, 0.25) is 5.95 Å². The van der Waals surface area contributed by atoms with E-state index in [1.807, 2.05) is 0 Å². The smallest absolute Gasteiger partial charge is 0.322 e. The SMILES string of the molecule is Cc1nc(N)nc(SCC(=O)OC(C)(C)C)c1[N+](=O)[O-]. The molecule has 1 aromatic rings. The summed E-state index contributed by atoms with van der Waals surface area (Å²) in [6, 6.07) is 0. The largest absolute Gasteiger partial charge is 0.459 e. The van der Waals surface area contributed by atoms with Crippen molar-refractivity contribution in [1.82, 2.24) is 9.97 Å². The molecule has 0 spiro atoms. The fourth-order valence-corrected chi connectivity index (χ4v) is 2.20. The Bertz CT molecular complexity index is 542. The lowest BCUT2D eigenvalue weighted by molar-refractivity contribution is -0.389. The highest BCUT2D eigenvalue weighted by Crippen LogP contribution is 2.30. The lowest BCUT2D eigenvalue weighted by Crippen LogP contribution is -2.25. The molecule has 0 aliphatic rings. The molecule has 0 bridgehead atoms. The van der Waals surface area contributed by atoms with Crippen molar-refractivity contribution in [2.75, 3.05) is 11.5 Å². The second kappa shape index (κ2) is 6.04. The Balaban J connectivity index is 2.88. The molecule has 20 heavy (non-hydrogen) atoms. The number of ether oxygens (including phenoxy) is 1. The van der Waals surface area contributed by atoms with Crippen molar-refractivity contribution in [1.29, 1.82) is 0 Å². The summed E-state index contributed by atoms with van der Waals surface area (Å²) < 4.78 is 5.12. The Kier molecular flexibility index (Phi) is 4.88. The van der Waals surface area contributed by atoms with Crippen molar-refractivity contribution >= 4 is 29.4 Å². The standard InChI is InChI=1S/C11H16N4O4S/c1-6-8(15(17)18)9(14-10(12)13-6)20-5-7(16)19-11(2,3)4/h5H2,1-4H3,(H2,12,13,14). The van der Waals surface area contributed by atoms with E-state index < -0.39 is 16.5 Å². The van der Waals surface area contributed by atoms with Crippen LogP contribution in [0.5, 0.6) is 0 Å². The normalized spacial score (nSPS) is 11.2. The molecule has 0 saturated heterocycles. The maximum absolute atomic E-state index is 11.6. The predicted octanol–water partition coefficient (Wildman–Crippen LogP) is 1.71. The number of hydrogen-bond acceptors (Lipinski definition) is 8. The molecule has 1 aromatic heterocycles. The highest BCUT2D eigenvalue weighted by atomic mass is 32.2. The van der Waals surface area contributed by atoms with Crippen LogP contribution in [0.3, 0.4) is 0 Å². The molecule has 2 N–H and O–H groups in total. The lowest BCUT2D eigenvalue weighted by Gasteiger charge is -2.19. The predicted molar refractivity (Wildman–Crippen MR) is 74.4 cm³/mol. The van der Waals surface area contributed by atoms with Gasteiger partial charge in [-0.15, -0.1) is 0 Å². The van der Waals surface area contributed by atoms with Crippen LogP contribution in [-0.4, -0.2) is 32.2 Å². The summed E-state index contributed by atoms with van der Waals surface area (Å²) in [5, 5.41) is 11.0. The Morgan fingerprint density at radius 1 is 1.45 bits per heavy atom. The molecule has 110 valence electrons. The van der Waals surface area contributed by atoms with Gasteiger partial charge in [0.25, 0.3) is 0 Å². The van der Waals surface area contributed by atoms with Crippen LogP contribution in [0.4, 0.5) is 11.6 Å². The van der Waals surface area contributed by atoms with E-state index in [0.717, 1.165) is 11.8 Å². The number of aryl methyl sites for hydroxylation is 1. The lowest BCUT2D eigenvalue weighted by atomic mass is 10.2. The van der Waals surface area contributed by atoms with Gasteiger partial charge in [-0.25, -0.2) is 4.98 Å². The number of nitro groups is 1. The molecule has 0 saturated carbocycles.